The summed E-state index contributed by atoms with van der Waals surface area (Å²) in [6.07, 6.45) is 0.404. The van der Waals surface area contributed by atoms with Crippen LogP contribution in [0.15, 0.2) is 18.2 Å². The lowest BCUT2D eigenvalue weighted by atomic mass is 10.1. The molecule has 0 aliphatic rings. The van der Waals surface area contributed by atoms with E-state index in [-0.39, 0.29) is 12.4 Å². The second-order valence-electron chi connectivity index (χ2n) is 3.94. The highest BCUT2D eigenvalue weighted by Crippen LogP contribution is 2.19. The lowest BCUT2D eigenvalue weighted by Gasteiger charge is -2.06. The normalized spacial score (nSPS) is 10.6. The fourth-order valence-corrected chi connectivity index (χ4v) is 1.74. The maximum atomic E-state index is 10.6. The van der Waals surface area contributed by atoms with E-state index in [0.29, 0.717) is 12.1 Å². The molecule has 1 heterocycles. The number of hydrogen-bond acceptors (Lipinski definition) is 4. The lowest BCUT2D eigenvalue weighted by molar-refractivity contribution is -0.136. The first kappa shape index (κ1) is 11.3. The van der Waals surface area contributed by atoms with Crippen molar-refractivity contribution in [1.82, 2.24) is 9.97 Å². The number of hydrogen-bond donors (Lipinski definition) is 2. The Morgan fingerprint density at radius 3 is 2.88 bits per heavy atom. The van der Waals surface area contributed by atoms with E-state index in [1.165, 1.54) is 0 Å². The molecule has 0 saturated heterocycles. The van der Waals surface area contributed by atoms with Crippen molar-refractivity contribution in [2.75, 3.05) is 5.73 Å². The largest absolute Gasteiger partial charge is 0.481 e. The molecule has 0 unspecified atom stereocenters. The van der Waals surface area contributed by atoms with E-state index < -0.39 is 5.97 Å². The van der Waals surface area contributed by atoms with E-state index in [2.05, 4.69) is 9.97 Å². The van der Waals surface area contributed by atoms with Crippen LogP contribution in [-0.2, 0) is 11.2 Å². The molecule has 1 aromatic carbocycles. The SMILES string of the molecule is Cc1ccc2c(CCC(=O)O)nc(N)nc2c1. The molecule has 5 nitrogen and oxygen atoms in total. The third-order valence-corrected chi connectivity index (χ3v) is 2.52. The fraction of sp³-hybridized carbons (Fsp3) is 0.250. The monoisotopic (exact) mass is 231 g/mol. The molecule has 88 valence electrons. The number of aromatic nitrogens is 2. The third kappa shape index (κ3) is 2.50. The van der Waals surface area contributed by atoms with Gasteiger partial charge >= 0.3 is 5.97 Å². The van der Waals surface area contributed by atoms with Gasteiger partial charge in [0, 0.05) is 11.8 Å². The van der Waals surface area contributed by atoms with Crippen molar-refractivity contribution >= 4 is 22.8 Å². The van der Waals surface area contributed by atoms with E-state index in [0.717, 1.165) is 16.5 Å². The van der Waals surface area contributed by atoms with Crippen LogP contribution in [0.1, 0.15) is 17.7 Å². The minimum absolute atomic E-state index is 0.0411. The number of nitrogen functional groups attached to an aromatic ring is 1. The molecule has 5 heteroatoms. The van der Waals surface area contributed by atoms with Gasteiger partial charge in [-0.3, -0.25) is 4.79 Å². The summed E-state index contributed by atoms with van der Waals surface area (Å²) in [7, 11) is 0. The fourth-order valence-electron chi connectivity index (χ4n) is 1.74. The molecule has 2 rings (SSSR count). The number of carboxylic acids is 1. The minimum atomic E-state index is -0.845. The molecule has 1 aromatic heterocycles. The molecule has 0 atom stereocenters. The second kappa shape index (κ2) is 4.37. The average Bonchev–Trinajstić information content (AvgIpc) is 2.24. The van der Waals surface area contributed by atoms with Gasteiger partial charge in [-0.15, -0.1) is 0 Å². The topological polar surface area (TPSA) is 89.1 Å². The van der Waals surface area contributed by atoms with Gasteiger partial charge in [0.2, 0.25) is 5.95 Å². The van der Waals surface area contributed by atoms with Crippen molar-refractivity contribution in [3.8, 4) is 0 Å². The zero-order valence-electron chi connectivity index (χ0n) is 9.47. The third-order valence-electron chi connectivity index (χ3n) is 2.52. The Morgan fingerprint density at radius 2 is 2.18 bits per heavy atom. The van der Waals surface area contributed by atoms with E-state index in [1.54, 1.807) is 0 Å². The molecular weight excluding hydrogens is 218 g/mol. The average molecular weight is 231 g/mol. The molecule has 0 spiro atoms. The Hall–Kier alpha value is -2.17. The molecule has 0 amide bonds. The summed E-state index contributed by atoms with van der Waals surface area (Å²) in [5.41, 5.74) is 8.15. The van der Waals surface area contributed by atoms with E-state index in [1.807, 2.05) is 25.1 Å². The van der Waals surface area contributed by atoms with E-state index in [9.17, 15) is 4.79 Å². The summed E-state index contributed by atoms with van der Waals surface area (Å²) < 4.78 is 0. The number of benzene rings is 1. The number of carbonyl (C=O) groups is 1. The predicted molar refractivity (Wildman–Crippen MR) is 64.6 cm³/mol. The van der Waals surface area contributed by atoms with Crippen molar-refractivity contribution in [3.05, 3.63) is 29.5 Å². The van der Waals surface area contributed by atoms with Crippen molar-refractivity contribution < 1.29 is 9.90 Å². The van der Waals surface area contributed by atoms with Gasteiger partial charge in [-0.05, 0) is 18.6 Å². The van der Waals surface area contributed by atoms with Crippen LogP contribution in [0.3, 0.4) is 0 Å². The summed E-state index contributed by atoms with van der Waals surface area (Å²) in [5, 5.41) is 9.55. The first-order valence-corrected chi connectivity index (χ1v) is 5.31. The maximum absolute atomic E-state index is 10.6. The second-order valence-corrected chi connectivity index (χ2v) is 3.94. The predicted octanol–water partition coefficient (Wildman–Crippen LogP) is 1.54. The zero-order valence-corrected chi connectivity index (χ0v) is 9.47. The molecular formula is C12H13N3O2. The lowest BCUT2D eigenvalue weighted by Crippen LogP contribution is -2.04. The Balaban J connectivity index is 2.50. The number of fused-ring (bicyclic) bond motifs is 1. The summed E-state index contributed by atoms with van der Waals surface area (Å²) in [6, 6.07) is 5.77. The van der Waals surface area contributed by atoms with Crippen LogP contribution >= 0.6 is 0 Å². The number of nitrogens with zero attached hydrogens (tertiary/aromatic N) is 2. The number of aliphatic carboxylic acids is 1. The van der Waals surface area contributed by atoms with E-state index in [4.69, 9.17) is 10.8 Å². The Labute approximate surface area is 98.3 Å². The van der Waals surface area contributed by atoms with Gasteiger partial charge < -0.3 is 10.8 Å². The van der Waals surface area contributed by atoms with Crippen LogP contribution < -0.4 is 5.73 Å². The van der Waals surface area contributed by atoms with Gasteiger partial charge in [0.05, 0.1) is 17.6 Å². The van der Waals surface area contributed by atoms with Gasteiger partial charge in [-0.1, -0.05) is 12.1 Å². The first-order valence-electron chi connectivity index (χ1n) is 5.31. The van der Waals surface area contributed by atoms with Gasteiger partial charge in [0.15, 0.2) is 0 Å². The van der Waals surface area contributed by atoms with Crippen molar-refractivity contribution in [1.29, 1.82) is 0 Å². The standard InChI is InChI=1S/C12H13N3O2/c1-7-2-3-8-9(4-5-11(16)17)14-12(13)15-10(8)6-7/h2-3,6H,4-5H2,1H3,(H,16,17)(H2,13,14,15). The highest BCUT2D eigenvalue weighted by Gasteiger charge is 2.08. The smallest absolute Gasteiger partial charge is 0.303 e. The highest BCUT2D eigenvalue weighted by atomic mass is 16.4. The molecule has 0 saturated carbocycles. The highest BCUT2D eigenvalue weighted by molar-refractivity contribution is 5.83. The molecule has 0 fully saturated rings. The van der Waals surface area contributed by atoms with E-state index >= 15 is 0 Å². The molecule has 0 bridgehead atoms. The summed E-state index contributed by atoms with van der Waals surface area (Å²) in [5.74, 6) is -0.661. The number of rotatable bonds is 3. The van der Waals surface area contributed by atoms with Crippen LogP contribution in [-0.4, -0.2) is 21.0 Å². The maximum Gasteiger partial charge on any atom is 0.303 e. The number of aryl methyl sites for hydroxylation is 2. The van der Waals surface area contributed by atoms with Crippen LogP contribution in [0.5, 0.6) is 0 Å². The van der Waals surface area contributed by atoms with Crippen molar-refractivity contribution in [2.45, 2.75) is 19.8 Å². The van der Waals surface area contributed by atoms with Crippen molar-refractivity contribution in [3.63, 3.8) is 0 Å². The summed E-state index contributed by atoms with van der Waals surface area (Å²) in [4.78, 5) is 18.8. The summed E-state index contributed by atoms with van der Waals surface area (Å²) >= 11 is 0. The van der Waals surface area contributed by atoms with Crippen molar-refractivity contribution in [2.24, 2.45) is 0 Å². The van der Waals surface area contributed by atoms with Crippen LogP contribution in [0, 0.1) is 6.92 Å². The van der Waals surface area contributed by atoms with Gasteiger partial charge in [-0.2, -0.15) is 0 Å². The first-order chi connectivity index (χ1) is 8.06. The molecule has 17 heavy (non-hydrogen) atoms. The van der Waals surface area contributed by atoms with Crippen LogP contribution in [0.4, 0.5) is 5.95 Å². The Kier molecular flexibility index (Phi) is 2.91. The molecule has 0 aliphatic heterocycles. The van der Waals surface area contributed by atoms with Crippen LogP contribution in [0.25, 0.3) is 10.9 Å². The molecule has 2 aromatic rings. The number of carboxylic acid groups (broad SMARTS) is 1. The number of anilines is 1. The molecule has 0 radical (unpaired) electrons. The molecule has 0 aliphatic carbocycles. The van der Waals surface area contributed by atoms with Gasteiger partial charge in [0.25, 0.3) is 0 Å². The zero-order chi connectivity index (χ0) is 12.4. The minimum Gasteiger partial charge on any atom is -0.481 e. The quantitative estimate of drug-likeness (QED) is 0.836. The molecule has 3 N–H and O–H groups in total. The van der Waals surface area contributed by atoms with Gasteiger partial charge in [-0.25, -0.2) is 9.97 Å². The Bertz CT molecular complexity index is 576. The summed E-state index contributed by atoms with van der Waals surface area (Å²) in [6.45, 7) is 1.97. The van der Waals surface area contributed by atoms with Gasteiger partial charge in [0.1, 0.15) is 0 Å². The van der Waals surface area contributed by atoms with Crippen LogP contribution in [0.2, 0.25) is 0 Å². The number of nitrogens with two attached hydrogens (primary N) is 1. The Morgan fingerprint density at radius 1 is 1.41 bits per heavy atom.